The van der Waals surface area contributed by atoms with E-state index in [-0.39, 0.29) is 0 Å². The zero-order valence-corrected chi connectivity index (χ0v) is 10.6. The molecular formula is C15H21NO. The van der Waals surface area contributed by atoms with Crippen LogP contribution in [-0.2, 0) is 0 Å². The molecule has 0 fully saturated rings. The van der Waals surface area contributed by atoms with Gasteiger partial charge in [-0.3, -0.25) is 0 Å². The maximum Gasteiger partial charge on any atom is 0.190 e. The van der Waals surface area contributed by atoms with Crippen molar-refractivity contribution in [3.63, 3.8) is 0 Å². The van der Waals surface area contributed by atoms with E-state index in [1.165, 1.54) is 32.1 Å². The lowest BCUT2D eigenvalue weighted by molar-refractivity contribution is 0.304. The normalized spacial score (nSPS) is 9.88. The van der Waals surface area contributed by atoms with Gasteiger partial charge in [0, 0.05) is 0 Å². The van der Waals surface area contributed by atoms with E-state index in [1.807, 2.05) is 12.1 Å². The Morgan fingerprint density at radius 1 is 1.12 bits per heavy atom. The lowest BCUT2D eigenvalue weighted by atomic mass is 10.1. The van der Waals surface area contributed by atoms with E-state index < -0.39 is 0 Å². The zero-order chi connectivity index (χ0) is 12.3. The van der Waals surface area contributed by atoms with Gasteiger partial charge in [-0.25, -0.2) is 4.85 Å². The summed E-state index contributed by atoms with van der Waals surface area (Å²) in [6.45, 7) is 9.90. The molecule has 0 saturated carbocycles. The van der Waals surface area contributed by atoms with E-state index in [0.29, 0.717) is 5.69 Å². The minimum absolute atomic E-state index is 0.644. The first-order chi connectivity index (χ1) is 8.36. The van der Waals surface area contributed by atoms with Gasteiger partial charge in [0.05, 0.1) is 13.2 Å². The molecule has 0 spiro atoms. The fraction of sp³-hybridized carbons (Fsp3) is 0.533. The lowest BCUT2D eigenvalue weighted by Crippen LogP contribution is -1.96. The van der Waals surface area contributed by atoms with E-state index >= 15 is 0 Å². The van der Waals surface area contributed by atoms with Gasteiger partial charge in [-0.2, -0.15) is 0 Å². The summed E-state index contributed by atoms with van der Waals surface area (Å²) >= 11 is 0. The highest BCUT2D eigenvalue weighted by Gasteiger charge is 1.96. The maximum atomic E-state index is 6.92. The summed E-state index contributed by atoms with van der Waals surface area (Å²) in [4.78, 5) is 3.38. The van der Waals surface area contributed by atoms with Crippen LogP contribution in [-0.4, -0.2) is 6.61 Å². The fourth-order valence-corrected chi connectivity index (χ4v) is 1.72. The topological polar surface area (TPSA) is 13.6 Å². The Morgan fingerprint density at radius 2 is 1.88 bits per heavy atom. The number of benzene rings is 1. The van der Waals surface area contributed by atoms with Crippen LogP contribution in [0.3, 0.4) is 0 Å². The highest BCUT2D eigenvalue weighted by Crippen LogP contribution is 2.19. The van der Waals surface area contributed by atoms with Crippen molar-refractivity contribution >= 4 is 5.69 Å². The smallest absolute Gasteiger partial charge is 0.190 e. The number of nitrogens with zero attached hydrogens (tertiary/aromatic N) is 1. The van der Waals surface area contributed by atoms with Gasteiger partial charge in [0.25, 0.3) is 0 Å². The third-order valence-corrected chi connectivity index (χ3v) is 2.71. The Kier molecular flexibility index (Phi) is 6.90. The van der Waals surface area contributed by atoms with Crippen molar-refractivity contribution in [2.45, 2.75) is 45.4 Å². The number of hydrogen-bond acceptors (Lipinski definition) is 1. The monoisotopic (exact) mass is 231 g/mol. The minimum Gasteiger partial charge on any atom is -0.495 e. The SMILES string of the molecule is [C-]#[N+]c1cccc(OCCCCCCCC)c1. The summed E-state index contributed by atoms with van der Waals surface area (Å²) in [5.74, 6) is 0.812. The second-order valence-corrected chi connectivity index (χ2v) is 4.23. The number of ether oxygens (including phenoxy) is 1. The quantitative estimate of drug-likeness (QED) is 0.454. The van der Waals surface area contributed by atoms with E-state index in [4.69, 9.17) is 11.3 Å². The van der Waals surface area contributed by atoms with Gasteiger partial charge in [-0.05, 0) is 18.6 Å². The Hall–Kier alpha value is -1.49. The molecule has 1 aromatic rings. The molecule has 0 saturated heterocycles. The van der Waals surface area contributed by atoms with Crippen LogP contribution in [0.25, 0.3) is 4.85 Å². The molecule has 2 nitrogen and oxygen atoms in total. The fourth-order valence-electron chi connectivity index (χ4n) is 1.72. The van der Waals surface area contributed by atoms with Crippen LogP contribution in [0, 0.1) is 6.57 Å². The molecule has 0 heterocycles. The summed E-state index contributed by atoms with van der Waals surface area (Å²) in [5.41, 5.74) is 0.644. The van der Waals surface area contributed by atoms with Crippen molar-refractivity contribution in [1.29, 1.82) is 0 Å². The van der Waals surface area contributed by atoms with E-state index in [0.717, 1.165) is 18.8 Å². The molecule has 0 radical (unpaired) electrons. The third kappa shape index (κ3) is 5.97. The molecule has 0 amide bonds. The molecule has 0 aromatic heterocycles. The van der Waals surface area contributed by atoms with Crippen LogP contribution in [0.4, 0.5) is 5.69 Å². The van der Waals surface area contributed by atoms with Crippen molar-refractivity contribution in [3.05, 3.63) is 35.7 Å². The van der Waals surface area contributed by atoms with Crippen LogP contribution >= 0.6 is 0 Å². The highest BCUT2D eigenvalue weighted by atomic mass is 16.5. The van der Waals surface area contributed by atoms with Crippen molar-refractivity contribution in [1.82, 2.24) is 0 Å². The van der Waals surface area contributed by atoms with Gasteiger partial charge in [0.1, 0.15) is 5.75 Å². The largest absolute Gasteiger partial charge is 0.495 e. The Balaban J connectivity index is 2.12. The molecule has 2 heteroatoms. The van der Waals surface area contributed by atoms with E-state index in [1.54, 1.807) is 12.1 Å². The molecule has 0 N–H and O–H groups in total. The van der Waals surface area contributed by atoms with Crippen molar-refractivity contribution in [3.8, 4) is 5.75 Å². The predicted molar refractivity (Wildman–Crippen MR) is 71.6 cm³/mol. The van der Waals surface area contributed by atoms with Crippen LogP contribution in [0.1, 0.15) is 45.4 Å². The number of hydrogen-bond donors (Lipinski definition) is 0. The lowest BCUT2D eigenvalue weighted by Gasteiger charge is -2.06. The van der Waals surface area contributed by atoms with Crippen molar-refractivity contribution in [2.75, 3.05) is 6.61 Å². The molecule has 92 valence electrons. The Labute approximate surface area is 104 Å². The Bertz CT molecular complexity index is 354. The third-order valence-electron chi connectivity index (χ3n) is 2.71. The van der Waals surface area contributed by atoms with E-state index in [2.05, 4.69) is 11.8 Å². The van der Waals surface area contributed by atoms with Gasteiger partial charge in [-0.1, -0.05) is 51.2 Å². The van der Waals surface area contributed by atoms with Crippen molar-refractivity contribution in [2.24, 2.45) is 0 Å². The zero-order valence-electron chi connectivity index (χ0n) is 10.6. The van der Waals surface area contributed by atoms with Gasteiger partial charge in [0.15, 0.2) is 5.69 Å². The summed E-state index contributed by atoms with van der Waals surface area (Å²) < 4.78 is 5.61. The summed E-state index contributed by atoms with van der Waals surface area (Å²) in [6.07, 6.45) is 7.62. The maximum absolute atomic E-state index is 6.92. The minimum atomic E-state index is 0.644. The summed E-state index contributed by atoms with van der Waals surface area (Å²) in [6, 6.07) is 7.37. The Morgan fingerprint density at radius 3 is 2.65 bits per heavy atom. The average molecular weight is 231 g/mol. The second kappa shape index (κ2) is 8.64. The standard InChI is InChI=1S/C15H21NO/c1-3-4-5-6-7-8-12-17-15-11-9-10-14(13-15)16-2/h9-11,13H,3-8,12H2,1H3. The number of unbranched alkanes of at least 4 members (excludes halogenated alkanes) is 5. The summed E-state index contributed by atoms with van der Waals surface area (Å²) in [5, 5.41) is 0. The molecule has 0 aliphatic rings. The first-order valence-electron chi connectivity index (χ1n) is 6.47. The molecule has 1 aromatic carbocycles. The van der Waals surface area contributed by atoms with Crippen LogP contribution < -0.4 is 4.74 Å². The predicted octanol–water partition coefficient (Wildman–Crippen LogP) is 4.98. The van der Waals surface area contributed by atoms with Crippen LogP contribution in [0.15, 0.2) is 24.3 Å². The van der Waals surface area contributed by atoms with E-state index in [9.17, 15) is 0 Å². The molecule has 0 atom stereocenters. The number of rotatable bonds is 8. The van der Waals surface area contributed by atoms with Gasteiger partial charge < -0.3 is 4.74 Å². The van der Waals surface area contributed by atoms with Gasteiger partial charge in [0.2, 0.25) is 0 Å². The van der Waals surface area contributed by atoms with Gasteiger partial charge >= 0.3 is 0 Å². The van der Waals surface area contributed by atoms with Crippen molar-refractivity contribution < 1.29 is 4.74 Å². The second-order valence-electron chi connectivity index (χ2n) is 4.23. The molecule has 1 rings (SSSR count). The molecular weight excluding hydrogens is 210 g/mol. The first-order valence-corrected chi connectivity index (χ1v) is 6.47. The molecule has 0 unspecified atom stereocenters. The average Bonchev–Trinajstić information content (AvgIpc) is 2.38. The van der Waals surface area contributed by atoms with Gasteiger partial charge in [-0.15, -0.1) is 0 Å². The highest BCUT2D eigenvalue weighted by molar-refractivity contribution is 5.48. The summed E-state index contributed by atoms with van der Waals surface area (Å²) in [7, 11) is 0. The van der Waals surface area contributed by atoms with Crippen LogP contribution in [0.2, 0.25) is 0 Å². The first kappa shape index (κ1) is 13.6. The molecule has 0 aliphatic heterocycles. The van der Waals surface area contributed by atoms with Crippen LogP contribution in [0.5, 0.6) is 5.75 Å². The molecule has 0 aliphatic carbocycles. The molecule has 0 bridgehead atoms. The molecule has 17 heavy (non-hydrogen) atoms.